The minimum absolute atomic E-state index is 0.298. The second kappa shape index (κ2) is 6.36. The zero-order valence-corrected chi connectivity index (χ0v) is 13.3. The zero-order chi connectivity index (χ0) is 17.1. The van der Waals surface area contributed by atoms with Gasteiger partial charge in [0.2, 0.25) is 0 Å². The number of rotatable bonds is 3. The van der Waals surface area contributed by atoms with E-state index in [1.807, 2.05) is 6.92 Å². The second-order valence-corrected chi connectivity index (χ2v) is 4.95. The number of esters is 2. The highest BCUT2D eigenvalue weighted by molar-refractivity contribution is 5.97. The van der Waals surface area contributed by atoms with E-state index in [2.05, 4.69) is 6.07 Å². The molecule has 0 bridgehead atoms. The monoisotopic (exact) mass is 312 g/mol. The van der Waals surface area contributed by atoms with Crippen LogP contribution in [0.25, 0.3) is 5.69 Å². The number of methoxy groups -OCH3 is 2. The first kappa shape index (κ1) is 16.3. The molecule has 0 unspecified atom stereocenters. The first-order valence-corrected chi connectivity index (χ1v) is 6.84. The predicted octanol–water partition coefficient (Wildman–Crippen LogP) is 2.54. The molecule has 118 valence electrons. The number of carbonyl (C=O) groups excluding carboxylic acids is 2. The highest BCUT2D eigenvalue weighted by Crippen LogP contribution is 2.25. The molecule has 6 heteroatoms. The molecule has 0 aliphatic rings. The number of nitrogens with zero attached hydrogens (tertiary/aromatic N) is 2. The summed E-state index contributed by atoms with van der Waals surface area (Å²) in [6, 6.07) is 8.40. The standard InChI is InChI=1S/C17H16N2O4/c1-10-7-13(9-18)11(2)19(10)15-8-12(16(20)22-3)5-6-14(15)17(21)23-4/h5-8H,1-4H3. The van der Waals surface area contributed by atoms with Crippen LogP contribution in [0.3, 0.4) is 0 Å². The van der Waals surface area contributed by atoms with Gasteiger partial charge in [-0.1, -0.05) is 0 Å². The molecule has 0 radical (unpaired) electrons. The van der Waals surface area contributed by atoms with Crippen molar-refractivity contribution in [2.45, 2.75) is 13.8 Å². The van der Waals surface area contributed by atoms with Crippen LogP contribution in [0.2, 0.25) is 0 Å². The van der Waals surface area contributed by atoms with Gasteiger partial charge in [-0.2, -0.15) is 5.26 Å². The van der Waals surface area contributed by atoms with Crippen molar-refractivity contribution < 1.29 is 19.1 Å². The van der Waals surface area contributed by atoms with Gasteiger partial charge < -0.3 is 14.0 Å². The Bertz CT molecular complexity index is 828. The molecule has 2 rings (SSSR count). The molecule has 6 nitrogen and oxygen atoms in total. The molecule has 0 fully saturated rings. The third kappa shape index (κ3) is 2.81. The van der Waals surface area contributed by atoms with Crippen molar-refractivity contribution in [3.63, 3.8) is 0 Å². The van der Waals surface area contributed by atoms with Gasteiger partial charge in [0.1, 0.15) is 6.07 Å². The quantitative estimate of drug-likeness (QED) is 0.813. The van der Waals surface area contributed by atoms with E-state index in [1.165, 1.54) is 26.4 Å². The summed E-state index contributed by atoms with van der Waals surface area (Å²) < 4.78 is 11.3. The highest BCUT2D eigenvalue weighted by Gasteiger charge is 2.20. The van der Waals surface area contributed by atoms with Gasteiger partial charge in [-0.15, -0.1) is 0 Å². The molecule has 0 aliphatic carbocycles. The van der Waals surface area contributed by atoms with Crippen LogP contribution in [0.5, 0.6) is 0 Å². The van der Waals surface area contributed by atoms with Crippen molar-refractivity contribution in [3.05, 3.63) is 52.3 Å². The lowest BCUT2D eigenvalue weighted by Gasteiger charge is -2.14. The van der Waals surface area contributed by atoms with Crippen molar-refractivity contribution in [2.24, 2.45) is 0 Å². The van der Waals surface area contributed by atoms with E-state index in [1.54, 1.807) is 23.6 Å². The maximum absolute atomic E-state index is 12.0. The van der Waals surface area contributed by atoms with Crippen molar-refractivity contribution in [1.82, 2.24) is 4.57 Å². The SMILES string of the molecule is COC(=O)c1ccc(C(=O)OC)c(-n2c(C)cc(C#N)c2C)c1. The maximum atomic E-state index is 12.0. The highest BCUT2D eigenvalue weighted by atomic mass is 16.5. The molecule has 0 saturated carbocycles. The number of ether oxygens (including phenoxy) is 2. The number of aromatic nitrogens is 1. The van der Waals surface area contributed by atoms with Crippen LogP contribution >= 0.6 is 0 Å². The Kier molecular flexibility index (Phi) is 4.51. The van der Waals surface area contributed by atoms with Gasteiger partial charge in [-0.3, -0.25) is 0 Å². The molecule has 0 N–H and O–H groups in total. The van der Waals surface area contributed by atoms with Crippen molar-refractivity contribution in [1.29, 1.82) is 5.26 Å². The summed E-state index contributed by atoms with van der Waals surface area (Å²) in [7, 11) is 2.58. The molecule has 0 spiro atoms. The summed E-state index contributed by atoms with van der Waals surface area (Å²) >= 11 is 0. The van der Waals surface area contributed by atoms with Gasteiger partial charge in [-0.25, -0.2) is 9.59 Å². The van der Waals surface area contributed by atoms with E-state index in [0.29, 0.717) is 28.1 Å². The van der Waals surface area contributed by atoms with E-state index < -0.39 is 11.9 Å². The van der Waals surface area contributed by atoms with Crippen LogP contribution in [0.4, 0.5) is 0 Å². The van der Waals surface area contributed by atoms with Gasteiger partial charge in [0.05, 0.1) is 36.6 Å². The smallest absolute Gasteiger partial charge is 0.339 e. The van der Waals surface area contributed by atoms with E-state index in [0.717, 1.165) is 5.69 Å². The summed E-state index contributed by atoms with van der Waals surface area (Å²) in [6.07, 6.45) is 0. The van der Waals surface area contributed by atoms with Crippen molar-refractivity contribution in [3.8, 4) is 11.8 Å². The Morgan fingerprint density at radius 3 is 2.26 bits per heavy atom. The first-order chi connectivity index (χ1) is 10.9. The third-order valence-corrected chi connectivity index (χ3v) is 3.62. The van der Waals surface area contributed by atoms with Crippen LogP contribution in [0.1, 0.15) is 37.7 Å². The molecule has 1 aromatic heterocycles. The van der Waals surface area contributed by atoms with Crippen LogP contribution in [-0.2, 0) is 9.47 Å². The third-order valence-electron chi connectivity index (χ3n) is 3.62. The summed E-state index contributed by atoms with van der Waals surface area (Å²) in [6.45, 7) is 3.59. The molecule has 0 atom stereocenters. The number of benzene rings is 1. The molecule has 1 aromatic carbocycles. The average Bonchev–Trinajstić information content (AvgIpc) is 2.86. The Morgan fingerprint density at radius 2 is 1.74 bits per heavy atom. The first-order valence-electron chi connectivity index (χ1n) is 6.84. The number of nitriles is 1. The molecule has 0 aliphatic heterocycles. The second-order valence-electron chi connectivity index (χ2n) is 4.95. The molecule has 0 amide bonds. The lowest BCUT2D eigenvalue weighted by molar-refractivity contribution is 0.0586. The van der Waals surface area contributed by atoms with Gasteiger partial charge in [-0.05, 0) is 38.1 Å². The van der Waals surface area contributed by atoms with Crippen LogP contribution in [0.15, 0.2) is 24.3 Å². The predicted molar refractivity (Wildman–Crippen MR) is 82.6 cm³/mol. The number of carbonyl (C=O) groups is 2. The fourth-order valence-electron chi connectivity index (χ4n) is 2.49. The summed E-state index contributed by atoms with van der Waals surface area (Å²) in [5.41, 5.74) is 3.02. The van der Waals surface area contributed by atoms with Crippen molar-refractivity contribution >= 4 is 11.9 Å². The Labute approximate surface area is 133 Å². The normalized spacial score (nSPS) is 10.0. The summed E-state index contributed by atoms with van der Waals surface area (Å²) in [5, 5.41) is 9.18. The van der Waals surface area contributed by atoms with Gasteiger partial charge in [0, 0.05) is 11.4 Å². The van der Waals surface area contributed by atoms with Crippen LogP contribution < -0.4 is 0 Å². The van der Waals surface area contributed by atoms with Gasteiger partial charge in [0.15, 0.2) is 0 Å². The average molecular weight is 312 g/mol. The molecule has 0 saturated heterocycles. The fraction of sp³-hybridized carbons (Fsp3) is 0.235. The molecule has 1 heterocycles. The zero-order valence-electron chi connectivity index (χ0n) is 13.3. The molecule has 23 heavy (non-hydrogen) atoms. The molecular formula is C17H16N2O4. The van der Waals surface area contributed by atoms with E-state index >= 15 is 0 Å². The molecule has 2 aromatic rings. The topological polar surface area (TPSA) is 81.3 Å². The summed E-state index contributed by atoms with van der Waals surface area (Å²) in [5.74, 6) is -1.03. The lowest BCUT2D eigenvalue weighted by atomic mass is 10.1. The van der Waals surface area contributed by atoms with Crippen LogP contribution in [-0.4, -0.2) is 30.7 Å². The van der Waals surface area contributed by atoms with E-state index in [4.69, 9.17) is 9.47 Å². The summed E-state index contributed by atoms with van der Waals surface area (Å²) in [4.78, 5) is 23.8. The van der Waals surface area contributed by atoms with Crippen LogP contribution in [0, 0.1) is 25.2 Å². The lowest BCUT2D eigenvalue weighted by Crippen LogP contribution is -2.12. The van der Waals surface area contributed by atoms with Crippen molar-refractivity contribution in [2.75, 3.05) is 14.2 Å². The minimum atomic E-state index is -0.526. The van der Waals surface area contributed by atoms with E-state index in [-0.39, 0.29) is 0 Å². The Morgan fingerprint density at radius 1 is 1.09 bits per heavy atom. The number of aryl methyl sites for hydroxylation is 1. The van der Waals surface area contributed by atoms with E-state index in [9.17, 15) is 14.9 Å². The van der Waals surface area contributed by atoms with Gasteiger partial charge >= 0.3 is 11.9 Å². The fourth-order valence-corrected chi connectivity index (χ4v) is 2.49. The maximum Gasteiger partial charge on any atom is 0.339 e. The minimum Gasteiger partial charge on any atom is -0.465 e. The number of hydrogen-bond donors (Lipinski definition) is 0. The Balaban J connectivity index is 2.77. The van der Waals surface area contributed by atoms with Gasteiger partial charge in [0.25, 0.3) is 0 Å². The largest absolute Gasteiger partial charge is 0.465 e. The molecular weight excluding hydrogens is 296 g/mol. The number of hydrogen-bond acceptors (Lipinski definition) is 5. The Hall–Kier alpha value is -3.07.